The van der Waals surface area contributed by atoms with Crippen molar-refractivity contribution in [3.05, 3.63) is 29.3 Å². The van der Waals surface area contributed by atoms with E-state index in [1.807, 2.05) is 0 Å². The van der Waals surface area contributed by atoms with Crippen molar-refractivity contribution in [1.29, 1.82) is 0 Å². The number of benzene rings is 1. The van der Waals surface area contributed by atoms with Crippen LogP contribution in [0, 0.1) is 6.92 Å². The molecule has 1 aliphatic rings. The third kappa shape index (κ3) is 3.37. The van der Waals surface area contributed by atoms with Gasteiger partial charge in [0.05, 0.1) is 5.56 Å². The highest BCUT2D eigenvalue weighted by molar-refractivity contribution is 5.39. The van der Waals surface area contributed by atoms with Gasteiger partial charge in [0.1, 0.15) is 18.0 Å². The molecule has 6 heteroatoms. The molecular weight excluding hydrogens is 262 g/mol. The second-order valence-electron chi connectivity index (χ2n) is 4.66. The van der Waals surface area contributed by atoms with E-state index in [-0.39, 0.29) is 12.3 Å². The summed E-state index contributed by atoms with van der Waals surface area (Å²) in [6.07, 6.45) is -6.27. The Labute approximate surface area is 108 Å². The van der Waals surface area contributed by atoms with Crippen LogP contribution in [0.2, 0.25) is 0 Å². The molecule has 2 nitrogen and oxygen atoms in total. The Bertz CT molecular complexity index is 447. The smallest absolute Gasteiger partial charge is 0.419 e. The molecule has 0 unspecified atom stereocenters. The number of hydrogen-bond donors (Lipinski definition) is 1. The van der Waals surface area contributed by atoms with Crippen LogP contribution in [0.5, 0.6) is 5.75 Å². The summed E-state index contributed by atoms with van der Waals surface area (Å²) in [6.45, 7) is 2.22. The number of nitrogens with one attached hydrogen (secondary N) is 1. The van der Waals surface area contributed by atoms with Gasteiger partial charge in [-0.15, -0.1) is 0 Å². The van der Waals surface area contributed by atoms with E-state index in [1.54, 1.807) is 6.92 Å². The van der Waals surface area contributed by atoms with Gasteiger partial charge in [0.25, 0.3) is 0 Å². The lowest BCUT2D eigenvalue weighted by atomic mass is 10.1. The van der Waals surface area contributed by atoms with Crippen LogP contribution in [0.3, 0.4) is 0 Å². The van der Waals surface area contributed by atoms with Crippen LogP contribution < -0.4 is 10.1 Å². The summed E-state index contributed by atoms with van der Waals surface area (Å²) >= 11 is 0. The monoisotopic (exact) mass is 277 g/mol. The van der Waals surface area contributed by atoms with E-state index in [0.29, 0.717) is 18.5 Å². The van der Waals surface area contributed by atoms with Crippen molar-refractivity contribution in [3.8, 4) is 5.75 Å². The van der Waals surface area contributed by atoms with Crippen molar-refractivity contribution in [2.24, 2.45) is 0 Å². The van der Waals surface area contributed by atoms with E-state index in [1.165, 1.54) is 12.1 Å². The third-order valence-corrected chi connectivity index (χ3v) is 3.07. The van der Waals surface area contributed by atoms with Crippen LogP contribution in [0.25, 0.3) is 0 Å². The molecule has 0 amide bonds. The minimum absolute atomic E-state index is 0.109. The molecule has 2 atom stereocenters. The maximum atomic E-state index is 13.6. The lowest BCUT2D eigenvalue weighted by molar-refractivity contribution is -0.139. The molecule has 2 rings (SSSR count). The van der Waals surface area contributed by atoms with Gasteiger partial charge in [-0.3, -0.25) is 0 Å². The van der Waals surface area contributed by atoms with Gasteiger partial charge >= 0.3 is 6.18 Å². The average Bonchev–Trinajstić information content (AvgIpc) is 2.33. The van der Waals surface area contributed by atoms with Crippen molar-refractivity contribution < 1.29 is 22.3 Å². The van der Waals surface area contributed by atoms with Gasteiger partial charge in [-0.05, 0) is 32.0 Å². The van der Waals surface area contributed by atoms with Crippen molar-refractivity contribution in [1.82, 2.24) is 5.32 Å². The molecular formula is C13H15F4NO. The van der Waals surface area contributed by atoms with Crippen molar-refractivity contribution in [2.45, 2.75) is 31.8 Å². The summed E-state index contributed by atoms with van der Waals surface area (Å²) in [7, 11) is 0. The summed E-state index contributed by atoms with van der Waals surface area (Å²) in [4.78, 5) is 0. The van der Waals surface area contributed by atoms with E-state index in [9.17, 15) is 17.6 Å². The molecule has 0 aromatic heterocycles. The first-order chi connectivity index (χ1) is 8.88. The van der Waals surface area contributed by atoms with Gasteiger partial charge < -0.3 is 10.1 Å². The second kappa shape index (κ2) is 5.36. The number of piperidine rings is 1. The third-order valence-electron chi connectivity index (χ3n) is 3.07. The van der Waals surface area contributed by atoms with Crippen molar-refractivity contribution >= 4 is 0 Å². The Balaban J connectivity index is 2.24. The summed E-state index contributed by atoms with van der Waals surface area (Å²) < 4.78 is 57.5. The van der Waals surface area contributed by atoms with Gasteiger partial charge in [-0.1, -0.05) is 11.6 Å². The summed E-state index contributed by atoms with van der Waals surface area (Å²) in [5.41, 5.74) is -0.361. The predicted octanol–water partition coefficient (Wildman–Crippen LogP) is 3.09. The molecule has 0 aliphatic carbocycles. The Hall–Kier alpha value is -1.30. The molecule has 1 heterocycles. The first kappa shape index (κ1) is 14.1. The van der Waals surface area contributed by atoms with Crippen LogP contribution >= 0.6 is 0 Å². The zero-order valence-electron chi connectivity index (χ0n) is 10.4. The number of hydrogen-bond acceptors (Lipinski definition) is 2. The van der Waals surface area contributed by atoms with E-state index < -0.39 is 24.0 Å². The Morgan fingerprint density at radius 1 is 1.32 bits per heavy atom. The molecule has 19 heavy (non-hydrogen) atoms. The SMILES string of the molecule is Cc1ccc(O[C@H]2CCNC[C@@H]2F)c(C(F)(F)F)c1. The summed E-state index contributed by atoms with van der Waals surface area (Å²) in [5.74, 6) is -0.298. The molecule has 1 aromatic rings. The zero-order chi connectivity index (χ0) is 14.0. The molecule has 1 saturated heterocycles. The standard InChI is InChI=1S/C13H15F4NO/c1-8-2-3-11(9(6-8)13(15,16)17)19-12-4-5-18-7-10(12)14/h2-3,6,10,12,18H,4-5,7H2,1H3/t10-,12-/m0/s1. The maximum Gasteiger partial charge on any atom is 0.419 e. The lowest BCUT2D eigenvalue weighted by Crippen LogP contribution is -2.44. The van der Waals surface area contributed by atoms with Crippen LogP contribution in [0.15, 0.2) is 18.2 Å². The fourth-order valence-corrected chi connectivity index (χ4v) is 2.06. The molecule has 0 spiro atoms. The number of alkyl halides is 4. The van der Waals surface area contributed by atoms with Gasteiger partial charge in [0.2, 0.25) is 0 Å². The van der Waals surface area contributed by atoms with E-state index in [2.05, 4.69) is 5.32 Å². The quantitative estimate of drug-likeness (QED) is 0.839. The summed E-state index contributed by atoms with van der Waals surface area (Å²) in [5, 5.41) is 2.83. The Morgan fingerprint density at radius 2 is 2.05 bits per heavy atom. The van der Waals surface area contributed by atoms with Gasteiger partial charge in [-0.25, -0.2) is 4.39 Å². The molecule has 1 fully saturated rings. The fourth-order valence-electron chi connectivity index (χ4n) is 2.06. The Morgan fingerprint density at radius 3 is 2.68 bits per heavy atom. The van der Waals surface area contributed by atoms with Crippen LogP contribution in [0.4, 0.5) is 17.6 Å². The maximum absolute atomic E-state index is 13.6. The molecule has 1 N–H and O–H groups in total. The molecule has 1 aromatic carbocycles. The summed E-state index contributed by atoms with van der Waals surface area (Å²) in [6, 6.07) is 3.80. The van der Waals surface area contributed by atoms with E-state index in [0.717, 1.165) is 6.07 Å². The molecule has 1 aliphatic heterocycles. The fraction of sp³-hybridized carbons (Fsp3) is 0.538. The largest absolute Gasteiger partial charge is 0.487 e. The zero-order valence-corrected chi connectivity index (χ0v) is 10.4. The molecule has 0 saturated carbocycles. The first-order valence-corrected chi connectivity index (χ1v) is 6.07. The highest BCUT2D eigenvalue weighted by atomic mass is 19.4. The van der Waals surface area contributed by atoms with Crippen molar-refractivity contribution in [3.63, 3.8) is 0 Å². The van der Waals surface area contributed by atoms with Crippen LogP contribution in [-0.2, 0) is 6.18 Å². The van der Waals surface area contributed by atoms with Gasteiger partial charge in [0.15, 0.2) is 0 Å². The number of rotatable bonds is 2. The highest BCUT2D eigenvalue weighted by Gasteiger charge is 2.36. The number of halogens is 4. The second-order valence-corrected chi connectivity index (χ2v) is 4.66. The van der Waals surface area contributed by atoms with Gasteiger partial charge in [0, 0.05) is 6.54 Å². The topological polar surface area (TPSA) is 21.3 Å². The molecule has 106 valence electrons. The van der Waals surface area contributed by atoms with Crippen molar-refractivity contribution in [2.75, 3.05) is 13.1 Å². The Kier molecular flexibility index (Phi) is 3.99. The van der Waals surface area contributed by atoms with E-state index in [4.69, 9.17) is 4.74 Å². The van der Waals surface area contributed by atoms with Crippen LogP contribution in [0.1, 0.15) is 17.5 Å². The van der Waals surface area contributed by atoms with Gasteiger partial charge in [-0.2, -0.15) is 13.2 Å². The van der Waals surface area contributed by atoms with Crippen LogP contribution in [-0.4, -0.2) is 25.4 Å². The van der Waals surface area contributed by atoms with E-state index >= 15 is 0 Å². The highest BCUT2D eigenvalue weighted by Crippen LogP contribution is 2.37. The first-order valence-electron chi connectivity index (χ1n) is 6.07. The predicted molar refractivity (Wildman–Crippen MR) is 63.0 cm³/mol. The molecule has 0 bridgehead atoms. The normalized spacial score (nSPS) is 24.3. The minimum atomic E-state index is -4.50. The number of ether oxygens (including phenoxy) is 1. The minimum Gasteiger partial charge on any atom is -0.487 e. The molecule has 0 radical (unpaired) electrons. The average molecular weight is 277 g/mol. The number of aryl methyl sites for hydroxylation is 1. The lowest BCUT2D eigenvalue weighted by Gasteiger charge is -2.28.